The first-order chi connectivity index (χ1) is 11.6. The Bertz CT molecular complexity index is 782. The highest BCUT2D eigenvalue weighted by molar-refractivity contribution is 7.91. The Morgan fingerprint density at radius 3 is 2.36 bits per heavy atom. The molecule has 0 bridgehead atoms. The van der Waals surface area contributed by atoms with Crippen LogP contribution in [0.15, 0.2) is 21.7 Å². The maximum absolute atomic E-state index is 12.4. The number of sulfone groups is 1. The maximum atomic E-state index is 12.4. The van der Waals surface area contributed by atoms with Gasteiger partial charge in [-0.15, -0.1) is 11.3 Å². The van der Waals surface area contributed by atoms with Crippen LogP contribution in [-0.2, 0) is 24.7 Å². The number of sulfonamides is 1. The Labute approximate surface area is 153 Å². The highest BCUT2D eigenvalue weighted by Crippen LogP contribution is 2.19. The molecule has 0 saturated carbocycles. The van der Waals surface area contributed by atoms with Crippen LogP contribution in [0.25, 0.3) is 0 Å². The van der Waals surface area contributed by atoms with Crippen LogP contribution in [0.5, 0.6) is 0 Å². The van der Waals surface area contributed by atoms with Crippen molar-refractivity contribution < 1.29 is 21.6 Å². The molecule has 1 fully saturated rings. The second-order valence-electron chi connectivity index (χ2n) is 6.05. The van der Waals surface area contributed by atoms with Crippen molar-refractivity contribution in [1.82, 2.24) is 14.1 Å². The minimum Gasteiger partial charge on any atom is -0.339 e. The predicted molar refractivity (Wildman–Crippen MR) is 96.9 cm³/mol. The molecule has 1 aromatic heterocycles. The van der Waals surface area contributed by atoms with Gasteiger partial charge in [0.1, 0.15) is 14.0 Å². The number of hydrogen-bond donors (Lipinski definition) is 0. The molecular formula is C14H23N3O5S3. The number of hydrogen-bond acceptors (Lipinski definition) is 7. The number of carbonyl (C=O) groups is 1. The molecule has 11 heteroatoms. The van der Waals surface area contributed by atoms with Gasteiger partial charge in [-0.25, -0.2) is 16.8 Å². The normalized spacial score (nSPS) is 17.2. The topological polar surface area (TPSA) is 95.1 Å². The summed E-state index contributed by atoms with van der Waals surface area (Å²) < 4.78 is 48.4. The molecule has 1 saturated heterocycles. The smallest absolute Gasteiger partial charge is 0.252 e. The number of nitrogens with zero attached hydrogens (tertiary/aromatic N) is 3. The molecular weight excluding hydrogens is 386 g/mol. The maximum Gasteiger partial charge on any atom is 0.252 e. The Kier molecular flexibility index (Phi) is 6.60. The van der Waals surface area contributed by atoms with Crippen molar-refractivity contribution in [3.05, 3.63) is 17.5 Å². The lowest BCUT2D eigenvalue weighted by molar-refractivity contribution is -0.132. The van der Waals surface area contributed by atoms with Gasteiger partial charge >= 0.3 is 0 Å². The molecule has 0 N–H and O–H groups in total. The lowest BCUT2D eigenvalue weighted by atomic mass is 10.3. The van der Waals surface area contributed by atoms with Crippen molar-refractivity contribution >= 4 is 37.1 Å². The molecule has 1 aromatic rings. The molecule has 0 unspecified atom stereocenters. The predicted octanol–water partition coefficient (Wildman–Crippen LogP) is -0.443. The highest BCUT2D eigenvalue weighted by Gasteiger charge is 2.27. The number of carbonyl (C=O) groups excluding carboxylic acids is 1. The summed E-state index contributed by atoms with van der Waals surface area (Å²) in [4.78, 5) is 16.0. The minimum atomic E-state index is -3.64. The van der Waals surface area contributed by atoms with E-state index in [0.29, 0.717) is 32.7 Å². The van der Waals surface area contributed by atoms with Crippen LogP contribution in [0.2, 0.25) is 0 Å². The van der Waals surface area contributed by atoms with Gasteiger partial charge in [-0.05, 0) is 11.4 Å². The van der Waals surface area contributed by atoms with Crippen LogP contribution < -0.4 is 0 Å². The standard InChI is InChI=1S/C14H23N3O5S3/c1-15(25(21,22)14-4-3-10-23-14)12-13(18)17-7-5-16(6-8-17)9-11-24(2,19)20/h3-4,10H,5-9,11-12H2,1-2H3. The molecule has 0 aromatic carbocycles. The number of rotatable bonds is 7. The molecule has 142 valence electrons. The molecule has 2 rings (SSSR count). The third-order valence-electron chi connectivity index (χ3n) is 4.02. The SMILES string of the molecule is CN(CC(=O)N1CCN(CCS(C)(=O)=O)CC1)S(=O)(=O)c1cccs1. The Morgan fingerprint density at radius 2 is 1.84 bits per heavy atom. The molecule has 25 heavy (non-hydrogen) atoms. The first kappa shape index (κ1) is 20.3. The van der Waals surface area contributed by atoms with Crippen LogP contribution in [0.1, 0.15) is 0 Å². The quantitative estimate of drug-likeness (QED) is 0.606. The van der Waals surface area contributed by atoms with E-state index in [4.69, 9.17) is 0 Å². The Morgan fingerprint density at radius 1 is 1.20 bits per heavy atom. The third-order valence-corrected chi connectivity index (χ3v) is 8.12. The van der Waals surface area contributed by atoms with Gasteiger partial charge < -0.3 is 4.90 Å². The second-order valence-corrected chi connectivity index (χ2v) is 11.5. The third kappa shape index (κ3) is 5.74. The van der Waals surface area contributed by atoms with E-state index in [9.17, 15) is 21.6 Å². The van der Waals surface area contributed by atoms with E-state index in [2.05, 4.69) is 0 Å². The Hall–Kier alpha value is -1.01. The second kappa shape index (κ2) is 8.12. The van der Waals surface area contributed by atoms with Crippen molar-refractivity contribution in [2.24, 2.45) is 0 Å². The number of thiophene rings is 1. The van der Waals surface area contributed by atoms with E-state index in [-0.39, 0.29) is 22.4 Å². The summed E-state index contributed by atoms with van der Waals surface area (Å²) >= 11 is 1.12. The molecule has 2 heterocycles. The average Bonchev–Trinajstić information content (AvgIpc) is 3.07. The fourth-order valence-electron chi connectivity index (χ4n) is 2.46. The zero-order valence-corrected chi connectivity index (χ0v) is 16.7. The highest BCUT2D eigenvalue weighted by atomic mass is 32.2. The fraction of sp³-hybridized carbons (Fsp3) is 0.643. The van der Waals surface area contributed by atoms with E-state index >= 15 is 0 Å². The first-order valence-electron chi connectivity index (χ1n) is 7.77. The lowest BCUT2D eigenvalue weighted by Crippen LogP contribution is -2.51. The summed E-state index contributed by atoms with van der Waals surface area (Å²) in [5.74, 6) is -0.145. The molecule has 0 spiro atoms. The van der Waals surface area contributed by atoms with E-state index in [0.717, 1.165) is 15.6 Å². The largest absolute Gasteiger partial charge is 0.339 e. The Balaban J connectivity index is 1.84. The monoisotopic (exact) mass is 409 g/mol. The summed E-state index contributed by atoms with van der Waals surface area (Å²) in [6.07, 6.45) is 1.21. The first-order valence-corrected chi connectivity index (χ1v) is 12.2. The lowest BCUT2D eigenvalue weighted by Gasteiger charge is -2.35. The van der Waals surface area contributed by atoms with Gasteiger partial charge in [-0.3, -0.25) is 9.69 Å². The van der Waals surface area contributed by atoms with Crippen LogP contribution in [0, 0.1) is 0 Å². The fourth-order valence-corrected chi connectivity index (χ4v) is 5.37. The van der Waals surface area contributed by atoms with Crippen molar-refractivity contribution in [2.45, 2.75) is 4.21 Å². The van der Waals surface area contributed by atoms with Gasteiger partial charge in [-0.2, -0.15) is 4.31 Å². The summed E-state index contributed by atoms with van der Waals surface area (Å²) in [6, 6.07) is 3.17. The molecule has 1 amide bonds. The van der Waals surface area contributed by atoms with Gasteiger partial charge in [0.15, 0.2) is 0 Å². The van der Waals surface area contributed by atoms with Crippen LogP contribution in [-0.4, -0.2) is 95.2 Å². The van der Waals surface area contributed by atoms with E-state index in [1.54, 1.807) is 16.3 Å². The van der Waals surface area contributed by atoms with Gasteiger partial charge in [0.25, 0.3) is 10.0 Å². The van der Waals surface area contributed by atoms with E-state index < -0.39 is 19.9 Å². The van der Waals surface area contributed by atoms with Crippen LogP contribution in [0.3, 0.4) is 0 Å². The van der Waals surface area contributed by atoms with Gasteiger partial charge in [0, 0.05) is 46.0 Å². The summed E-state index contributed by atoms with van der Waals surface area (Å²) in [7, 11) is -5.24. The average molecular weight is 410 g/mol. The summed E-state index contributed by atoms with van der Waals surface area (Å²) in [5.41, 5.74) is 0. The number of likely N-dealkylation sites (N-methyl/N-ethyl adjacent to an activating group) is 1. The molecule has 0 atom stereocenters. The van der Waals surface area contributed by atoms with Gasteiger partial charge in [0.2, 0.25) is 5.91 Å². The number of amides is 1. The van der Waals surface area contributed by atoms with Crippen LogP contribution >= 0.6 is 11.3 Å². The molecule has 0 aliphatic carbocycles. The molecule has 0 radical (unpaired) electrons. The van der Waals surface area contributed by atoms with Gasteiger partial charge in [-0.1, -0.05) is 6.07 Å². The van der Waals surface area contributed by atoms with Crippen molar-refractivity contribution in [1.29, 1.82) is 0 Å². The zero-order chi connectivity index (χ0) is 18.7. The summed E-state index contributed by atoms with van der Waals surface area (Å²) in [6.45, 7) is 2.35. The van der Waals surface area contributed by atoms with E-state index in [1.807, 2.05) is 4.90 Å². The van der Waals surface area contributed by atoms with Crippen molar-refractivity contribution in [3.8, 4) is 0 Å². The molecule has 1 aliphatic rings. The van der Waals surface area contributed by atoms with E-state index in [1.165, 1.54) is 19.4 Å². The van der Waals surface area contributed by atoms with Crippen LogP contribution in [0.4, 0.5) is 0 Å². The van der Waals surface area contributed by atoms with Crippen molar-refractivity contribution in [2.75, 3.05) is 58.3 Å². The minimum absolute atomic E-state index is 0.0999. The molecule has 8 nitrogen and oxygen atoms in total. The van der Waals surface area contributed by atoms with Gasteiger partial charge in [0.05, 0.1) is 12.3 Å². The number of piperazine rings is 1. The summed E-state index contributed by atoms with van der Waals surface area (Å²) in [5, 5.41) is 1.68. The van der Waals surface area contributed by atoms with Crippen molar-refractivity contribution in [3.63, 3.8) is 0 Å². The molecule has 1 aliphatic heterocycles. The zero-order valence-electron chi connectivity index (χ0n) is 14.3.